The van der Waals surface area contributed by atoms with Crippen LogP contribution in [0.1, 0.15) is 42.1 Å². The van der Waals surface area contributed by atoms with Gasteiger partial charge in [-0.2, -0.15) is 0 Å². The molecule has 1 unspecified atom stereocenters. The van der Waals surface area contributed by atoms with Crippen LogP contribution in [0.3, 0.4) is 0 Å². The van der Waals surface area contributed by atoms with Crippen molar-refractivity contribution in [3.63, 3.8) is 0 Å². The van der Waals surface area contributed by atoms with Crippen molar-refractivity contribution in [2.75, 3.05) is 52.4 Å². The van der Waals surface area contributed by atoms with E-state index in [1.54, 1.807) is 18.4 Å². The number of guanidine groups is 1. The number of amides is 1. The molecular formula is C22H32IN5O3. The fraction of sp³-hybridized carbons (Fsp3) is 0.545. The number of hydrogen-bond acceptors (Lipinski definition) is 5. The fourth-order valence-electron chi connectivity index (χ4n) is 4.20. The molecule has 1 amide bonds. The third kappa shape index (κ3) is 5.82. The summed E-state index contributed by atoms with van der Waals surface area (Å²) in [5.74, 6) is 2.23. The second-order valence-electron chi connectivity index (χ2n) is 7.73. The summed E-state index contributed by atoms with van der Waals surface area (Å²) < 4.78 is 11.0. The Kier molecular flexibility index (Phi) is 8.82. The molecule has 0 radical (unpaired) electrons. The predicted octanol–water partition coefficient (Wildman–Crippen LogP) is 3.05. The van der Waals surface area contributed by atoms with Gasteiger partial charge in [-0.1, -0.05) is 0 Å². The van der Waals surface area contributed by atoms with Crippen LogP contribution in [0.25, 0.3) is 0 Å². The molecule has 31 heavy (non-hydrogen) atoms. The second kappa shape index (κ2) is 11.6. The molecule has 2 aromatic rings. The number of aliphatic imine (C=N–C) groups is 1. The number of piperazine rings is 1. The van der Waals surface area contributed by atoms with E-state index in [0.717, 1.165) is 44.4 Å². The van der Waals surface area contributed by atoms with Gasteiger partial charge in [-0.3, -0.25) is 14.7 Å². The van der Waals surface area contributed by atoms with Crippen LogP contribution in [-0.4, -0.2) is 78.9 Å². The first-order chi connectivity index (χ1) is 14.8. The Bertz CT molecular complexity index is 810. The summed E-state index contributed by atoms with van der Waals surface area (Å²) in [4.78, 5) is 24.0. The average molecular weight is 541 g/mol. The molecule has 9 heteroatoms. The van der Waals surface area contributed by atoms with Crippen molar-refractivity contribution in [1.82, 2.24) is 20.0 Å². The zero-order valence-electron chi connectivity index (χ0n) is 18.0. The molecule has 170 valence electrons. The van der Waals surface area contributed by atoms with E-state index < -0.39 is 0 Å². The van der Waals surface area contributed by atoms with Gasteiger partial charge in [0.1, 0.15) is 5.76 Å². The molecule has 2 aliphatic rings. The molecule has 0 saturated carbocycles. The van der Waals surface area contributed by atoms with Crippen LogP contribution in [0.2, 0.25) is 0 Å². The molecule has 0 bridgehead atoms. The molecular weight excluding hydrogens is 509 g/mol. The molecule has 2 aromatic heterocycles. The first kappa shape index (κ1) is 23.6. The largest absolute Gasteiger partial charge is 0.468 e. The minimum Gasteiger partial charge on any atom is -0.468 e. The van der Waals surface area contributed by atoms with E-state index in [0.29, 0.717) is 25.4 Å². The normalized spacial score (nSPS) is 18.7. The van der Waals surface area contributed by atoms with Crippen molar-refractivity contribution in [1.29, 1.82) is 0 Å². The van der Waals surface area contributed by atoms with Crippen LogP contribution >= 0.6 is 24.0 Å². The zero-order valence-corrected chi connectivity index (χ0v) is 20.4. The van der Waals surface area contributed by atoms with Gasteiger partial charge in [-0.05, 0) is 57.1 Å². The third-order valence-corrected chi connectivity index (χ3v) is 5.80. The third-order valence-electron chi connectivity index (χ3n) is 5.80. The first-order valence-corrected chi connectivity index (χ1v) is 10.9. The van der Waals surface area contributed by atoms with Crippen molar-refractivity contribution in [3.05, 3.63) is 48.3 Å². The molecule has 0 aromatic carbocycles. The summed E-state index contributed by atoms with van der Waals surface area (Å²) >= 11 is 0. The van der Waals surface area contributed by atoms with Crippen LogP contribution in [0.15, 0.2) is 50.6 Å². The Hall–Kier alpha value is -2.01. The van der Waals surface area contributed by atoms with Crippen molar-refractivity contribution < 1.29 is 13.6 Å². The fourth-order valence-corrected chi connectivity index (χ4v) is 4.20. The highest BCUT2D eigenvalue weighted by Gasteiger charge is 2.27. The number of carbonyl (C=O) groups is 1. The molecule has 0 aliphatic carbocycles. The molecule has 4 rings (SSSR count). The Morgan fingerprint density at radius 1 is 1.03 bits per heavy atom. The summed E-state index contributed by atoms with van der Waals surface area (Å²) in [6, 6.07) is 7.62. The molecule has 2 aliphatic heterocycles. The van der Waals surface area contributed by atoms with Gasteiger partial charge in [0.2, 0.25) is 0 Å². The molecule has 2 saturated heterocycles. The van der Waals surface area contributed by atoms with Crippen molar-refractivity contribution in [3.8, 4) is 0 Å². The number of rotatable bonds is 6. The van der Waals surface area contributed by atoms with Gasteiger partial charge >= 0.3 is 0 Å². The minimum absolute atomic E-state index is 0. The van der Waals surface area contributed by atoms with Crippen LogP contribution in [0.5, 0.6) is 0 Å². The molecule has 1 N–H and O–H groups in total. The average Bonchev–Trinajstić information content (AvgIpc) is 3.56. The molecule has 8 nitrogen and oxygen atoms in total. The number of likely N-dealkylation sites (tertiary alicyclic amines) is 1. The quantitative estimate of drug-likeness (QED) is 0.344. The number of halogens is 1. The lowest BCUT2D eigenvalue weighted by Gasteiger charge is -2.36. The summed E-state index contributed by atoms with van der Waals surface area (Å²) in [6.07, 6.45) is 5.73. The highest BCUT2D eigenvalue weighted by molar-refractivity contribution is 14.0. The van der Waals surface area contributed by atoms with Crippen molar-refractivity contribution in [2.24, 2.45) is 4.99 Å². The highest BCUT2D eigenvalue weighted by atomic mass is 127. The van der Waals surface area contributed by atoms with Crippen molar-refractivity contribution >= 4 is 35.8 Å². The summed E-state index contributed by atoms with van der Waals surface area (Å²) in [5, 5.41) is 3.42. The number of hydrogen-bond donors (Lipinski definition) is 1. The number of nitrogens with zero attached hydrogens (tertiary/aromatic N) is 4. The van der Waals surface area contributed by atoms with Gasteiger partial charge in [0.25, 0.3) is 5.91 Å². The molecule has 0 spiro atoms. The van der Waals surface area contributed by atoms with Crippen molar-refractivity contribution in [2.45, 2.75) is 25.8 Å². The lowest BCUT2D eigenvalue weighted by atomic mass is 10.2. The number of furan rings is 2. The van der Waals surface area contributed by atoms with Crippen LogP contribution in [0, 0.1) is 0 Å². The van der Waals surface area contributed by atoms with Gasteiger partial charge in [0, 0.05) is 32.7 Å². The van der Waals surface area contributed by atoms with Gasteiger partial charge < -0.3 is 24.0 Å². The number of nitrogens with one attached hydrogen (secondary N) is 1. The Balaban J connectivity index is 0.00000272. The first-order valence-electron chi connectivity index (χ1n) is 10.9. The van der Waals surface area contributed by atoms with E-state index in [-0.39, 0.29) is 35.9 Å². The van der Waals surface area contributed by atoms with Gasteiger partial charge in [-0.15, -0.1) is 24.0 Å². The Morgan fingerprint density at radius 3 is 2.32 bits per heavy atom. The van der Waals surface area contributed by atoms with Crippen LogP contribution < -0.4 is 5.32 Å². The van der Waals surface area contributed by atoms with E-state index in [9.17, 15) is 4.79 Å². The van der Waals surface area contributed by atoms with Crippen LogP contribution in [0.4, 0.5) is 0 Å². The minimum atomic E-state index is -0.0477. The lowest BCUT2D eigenvalue weighted by molar-refractivity contribution is 0.0657. The van der Waals surface area contributed by atoms with E-state index in [4.69, 9.17) is 13.8 Å². The van der Waals surface area contributed by atoms with Gasteiger partial charge in [0.15, 0.2) is 11.7 Å². The summed E-state index contributed by atoms with van der Waals surface area (Å²) in [6.45, 7) is 8.50. The van der Waals surface area contributed by atoms with E-state index in [1.165, 1.54) is 19.1 Å². The topological polar surface area (TPSA) is 77.5 Å². The summed E-state index contributed by atoms with van der Waals surface area (Å²) in [7, 11) is 0. The Labute approximate surface area is 200 Å². The lowest BCUT2D eigenvalue weighted by Crippen LogP contribution is -2.53. The monoisotopic (exact) mass is 541 g/mol. The zero-order chi connectivity index (χ0) is 20.8. The summed E-state index contributed by atoms with van der Waals surface area (Å²) in [5.41, 5.74) is 0. The van der Waals surface area contributed by atoms with Gasteiger partial charge in [-0.25, -0.2) is 0 Å². The maximum Gasteiger partial charge on any atom is 0.289 e. The smallest absolute Gasteiger partial charge is 0.289 e. The molecule has 1 atom stereocenters. The van der Waals surface area contributed by atoms with E-state index >= 15 is 0 Å². The predicted molar refractivity (Wildman–Crippen MR) is 130 cm³/mol. The highest BCUT2D eigenvalue weighted by Crippen LogP contribution is 2.26. The maximum absolute atomic E-state index is 12.5. The second-order valence-corrected chi connectivity index (χ2v) is 7.73. The standard InChI is InChI=1S/C22H31N5O3.HI/c1-2-23-22(24-17-18(19-7-5-15-29-19)25-9-3-4-10-25)27-13-11-26(12-14-27)21(28)20-8-6-16-30-20;/h5-8,15-16,18H,2-4,9-14,17H2,1H3,(H,23,24);1H. The SMILES string of the molecule is CCNC(=NCC(c1ccco1)N1CCCC1)N1CCN(C(=O)c2ccco2)CC1.I. The number of carbonyl (C=O) groups excluding carboxylic acids is 1. The maximum atomic E-state index is 12.5. The van der Waals surface area contributed by atoms with E-state index in [1.807, 2.05) is 17.0 Å². The van der Waals surface area contributed by atoms with Gasteiger partial charge in [0.05, 0.1) is 25.1 Å². The Morgan fingerprint density at radius 2 is 1.71 bits per heavy atom. The van der Waals surface area contributed by atoms with E-state index in [2.05, 4.69) is 22.0 Å². The molecule has 4 heterocycles. The van der Waals surface area contributed by atoms with Crippen LogP contribution in [-0.2, 0) is 0 Å². The molecule has 2 fully saturated rings.